The van der Waals surface area contributed by atoms with Gasteiger partial charge in [-0.2, -0.15) is 5.10 Å². The number of rotatable bonds is 1. The van der Waals surface area contributed by atoms with Crippen molar-refractivity contribution in [2.75, 3.05) is 0 Å². The molecule has 1 aliphatic carbocycles. The molecule has 2 atom stereocenters. The van der Waals surface area contributed by atoms with Gasteiger partial charge in [-0.3, -0.25) is 5.10 Å². The van der Waals surface area contributed by atoms with Crippen molar-refractivity contribution >= 4 is 28.1 Å². The highest BCUT2D eigenvalue weighted by Gasteiger charge is 2.63. The van der Waals surface area contributed by atoms with Crippen molar-refractivity contribution in [3.05, 3.63) is 44.6 Å². The summed E-state index contributed by atoms with van der Waals surface area (Å²) in [6.45, 7) is 0.732. The lowest BCUT2D eigenvalue weighted by atomic mass is 9.94. The molecular weight excluding hydrogens is 317 g/mol. The van der Waals surface area contributed by atoms with Crippen LogP contribution in [0.25, 0.3) is 0 Å². The van der Waals surface area contributed by atoms with Crippen LogP contribution in [0.1, 0.15) is 23.7 Å². The summed E-state index contributed by atoms with van der Waals surface area (Å²) in [5, 5.41) is 7.06. The molecule has 92 valence electrons. The standard InChI is InChI=1S/C12H9BrFN3S/c13-6-1-2-9(14)7(3-6)12-4-8(12)10-15-16-11(18)17(10)5-12/h1-3,8H,4-5H2,(H,16,18)/t8?,12-/m1/s1. The van der Waals surface area contributed by atoms with Crippen molar-refractivity contribution in [1.29, 1.82) is 0 Å². The molecule has 1 aromatic carbocycles. The highest BCUT2D eigenvalue weighted by atomic mass is 79.9. The van der Waals surface area contributed by atoms with E-state index in [4.69, 9.17) is 12.2 Å². The van der Waals surface area contributed by atoms with Gasteiger partial charge in [0.15, 0.2) is 4.77 Å². The van der Waals surface area contributed by atoms with E-state index >= 15 is 0 Å². The third-order valence-electron chi connectivity index (χ3n) is 4.08. The highest BCUT2D eigenvalue weighted by Crippen LogP contribution is 2.65. The van der Waals surface area contributed by atoms with Gasteiger partial charge in [0, 0.05) is 22.4 Å². The first-order valence-electron chi connectivity index (χ1n) is 5.72. The van der Waals surface area contributed by atoms with Crippen molar-refractivity contribution in [3.63, 3.8) is 0 Å². The number of fused-ring (bicyclic) bond motifs is 3. The fourth-order valence-corrected chi connectivity index (χ4v) is 3.68. The van der Waals surface area contributed by atoms with Gasteiger partial charge >= 0.3 is 0 Å². The van der Waals surface area contributed by atoms with E-state index in [1.54, 1.807) is 6.07 Å². The minimum Gasteiger partial charge on any atom is -0.303 e. The van der Waals surface area contributed by atoms with E-state index in [0.29, 0.717) is 10.7 Å². The average Bonchev–Trinajstić information content (AvgIpc) is 2.82. The molecule has 0 spiro atoms. The number of hydrogen-bond donors (Lipinski definition) is 1. The van der Waals surface area contributed by atoms with Gasteiger partial charge in [0.05, 0.1) is 0 Å². The minimum absolute atomic E-state index is 0.126. The Kier molecular flexibility index (Phi) is 1.99. The summed E-state index contributed by atoms with van der Waals surface area (Å²) in [6.07, 6.45) is 0.958. The van der Waals surface area contributed by atoms with Crippen molar-refractivity contribution in [1.82, 2.24) is 14.8 Å². The Bertz CT molecular complexity index is 722. The maximum Gasteiger partial charge on any atom is 0.195 e. The van der Waals surface area contributed by atoms with Crippen molar-refractivity contribution in [2.45, 2.75) is 24.3 Å². The van der Waals surface area contributed by atoms with Crippen molar-refractivity contribution in [3.8, 4) is 0 Å². The lowest BCUT2D eigenvalue weighted by molar-refractivity contribution is 0.530. The number of nitrogens with one attached hydrogen (secondary N) is 1. The SMILES string of the molecule is Fc1ccc(Br)cc1[C@]12CC1c1n[nH]c(=S)n1C2. The second-order valence-electron chi connectivity index (χ2n) is 5.01. The number of halogens is 2. The molecule has 2 heterocycles. The number of aromatic nitrogens is 3. The van der Waals surface area contributed by atoms with Gasteiger partial charge in [-0.1, -0.05) is 15.9 Å². The van der Waals surface area contributed by atoms with E-state index < -0.39 is 0 Å². The molecule has 0 saturated heterocycles. The predicted octanol–water partition coefficient (Wildman–Crippen LogP) is 3.28. The van der Waals surface area contributed by atoms with E-state index in [1.165, 1.54) is 6.07 Å². The molecule has 0 amide bonds. The van der Waals surface area contributed by atoms with Crippen LogP contribution in [-0.4, -0.2) is 14.8 Å². The van der Waals surface area contributed by atoms with Crippen LogP contribution in [0, 0.1) is 10.6 Å². The summed E-state index contributed by atoms with van der Waals surface area (Å²) in [6, 6.07) is 5.13. The fourth-order valence-electron chi connectivity index (χ4n) is 3.11. The first-order valence-corrected chi connectivity index (χ1v) is 6.92. The van der Waals surface area contributed by atoms with Crippen molar-refractivity contribution < 1.29 is 4.39 Å². The first-order chi connectivity index (χ1) is 8.62. The Hall–Kier alpha value is -1.01. The fraction of sp³-hybridized carbons (Fsp3) is 0.333. The van der Waals surface area contributed by atoms with Crippen LogP contribution in [0.3, 0.4) is 0 Å². The summed E-state index contributed by atoms with van der Waals surface area (Å²) in [5.41, 5.74) is 0.653. The minimum atomic E-state index is -0.138. The number of H-pyrrole nitrogens is 1. The zero-order valence-corrected chi connectivity index (χ0v) is 11.7. The Balaban J connectivity index is 1.86. The summed E-state index contributed by atoms with van der Waals surface area (Å²) >= 11 is 8.60. The summed E-state index contributed by atoms with van der Waals surface area (Å²) in [7, 11) is 0. The van der Waals surface area contributed by atoms with Gasteiger partial charge in [0.25, 0.3) is 0 Å². The monoisotopic (exact) mass is 325 g/mol. The molecular formula is C12H9BrFN3S. The Morgan fingerprint density at radius 3 is 3.17 bits per heavy atom. The molecule has 2 aromatic rings. The van der Waals surface area contributed by atoms with Gasteiger partial charge in [-0.15, -0.1) is 0 Å². The van der Waals surface area contributed by atoms with Crippen LogP contribution in [0.2, 0.25) is 0 Å². The molecule has 4 rings (SSSR count). The zero-order valence-electron chi connectivity index (χ0n) is 9.28. The zero-order chi connectivity index (χ0) is 12.5. The Morgan fingerprint density at radius 2 is 2.39 bits per heavy atom. The molecule has 0 bridgehead atoms. The second-order valence-corrected chi connectivity index (χ2v) is 6.31. The quantitative estimate of drug-likeness (QED) is 0.816. The molecule has 18 heavy (non-hydrogen) atoms. The summed E-state index contributed by atoms with van der Waals surface area (Å²) in [4.78, 5) is 0. The number of aromatic amines is 1. The van der Waals surface area contributed by atoms with Crippen LogP contribution in [-0.2, 0) is 12.0 Å². The largest absolute Gasteiger partial charge is 0.303 e. The van der Waals surface area contributed by atoms with Gasteiger partial charge in [0.2, 0.25) is 0 Å². The van der Waals surface area contributed by atoms with E-state index in [9.17, 15) is 4.39 Å². The van der Waals surface area contributed by atoms with Gasteiger partial charge in [0.1, 0.15) is 11.6 Å². The molecule has 1 N–H and O–H groups in total. The molecule has 0 radical (unpaired) electrons. The summed E-state index contributed by atoms with van der Waals surface area (Å²) in [5.74, 6) is 1.13. The molecule has 1 aliphatic heterocycles. The van der Waals surface area contributed by atoms with Crippen LogP contribution in [0.15, 0.2) is 22.7 Å². The van der Waals surface area contributed by atoms with Crippen LogP contribution < -0.4 is 0 Å². The Labute approximate surface area is 116 Å². The molecule has 1 unspecified atom stereocenters. The first kappa shape index (κ1) is 10.9. The predicted molar refractivity (Wildman–Crippen MR) is 70.5 cm³/mol. The maximum absolute atomic E-state index is 14.0. The molecule has 2 aliphatic rings. The summed E-state index contributed by atoms with van der Waals surface area (Å²) < 4.78 is 17.6. The van der Waals surface area contributed by atoms with E-state index in [-0.39, 0.29) is 11.2 Å². The van der Waals surface area contributed by atoms with Crippen LogP contribution in [0.5, 0.6) is 0 Å². The highest BCUT2D eigenvalue weighted by molar-refractivity contribution is 9.10. The maximum atomic E-state index is 14.0. The molecule has 3 nitrogen and oxygen atoms in total. The molecule has 6 heteroatoms. The third kappa shape index (κ3) is 1.22. The van der Waals surface area contributed by atoms with Gasteiger partial charge in [-0.05, 0) is 42.4 Å². The Morgan fingerprint density at radius 1 is 1.56 bits per heavy atom. The van der Waals surface area contributed by atoms with E-state index in [2.05, 4.69) is 26.1 Å². The lowest BCUT2D eigenvalue weighted by Crippen LogP contribution is -2.14. The van der Waals surface area contributed by atoms with Crippen LogP contribution in [0.4, 0.5) is 4.39 Å². The topological polar surface area (TPSA) is 33.6 Å². The second kappa shape index (κ2) is 3.30. The van der Waals surface area contributed by atoms with Crippen molar-refractivity contribution in [2.24, 2.45) is 0 Å². The van der Waals surface area contributed by atoms with E-state index in [1.807, 2.05) is 10.6 Å². The normalized spacial score (nSPS) is 28.0. The molecule has 1 saturated carbocycles. The third-order valence-corrected chi connectivity index (χ3v) is 4.88. The van der Waals surface area contributed by atoms with Gasteiger partial charge < -0.3 is 4.57 Å². The molecule has 1 fully saturated rings. The number of benzene rings is 1. The number of hydrogen-bond acceptors (Lipinski definition) is 2. The number of nitrogens with zero attached hydrogens (tertiary/aromatic N) is 2. The van der Waals surface area contributed by atoms with E-state index in [0.717, 1.165) is 28.8 Å². The average molecular weight is 326 g/mol. The smallest absolute Gasteiger partial charge is 0.195 e. The lowest BCUT2D eigenvalue weighted by Gasteiger charge is -2.14. The van der Waals surface area contributed by atoms with Gasteiger partial charge in [-0.25, -0.2) is 4.39 Å². The molecule has 1 aromatic heterocycles. The van der Waals surface area contributed by atoms with Crippen LogP contribution >= 0.6 is 28.1 Å².